The van der Waals surface area contributed by atoms with E-state index >= 15 is 0 Å². The third kappa shape index (κ3) is 3.76. The average molecular weight is 283 g/mol. The average Bonchev–Trinajstić information content (AvgIpc) is 2.37. The van der Waals surface area contributed by atoms with Crippen LogP contribution in [0.25, 0.3) is 0 Å². The fourth-order valence-electron chi connectivity index (χ4n) is 2.49. The Kier molecular flexibility index (Phi) is 5.13. The minimum absolute atomic E-state index is 0.156. The van der Waals surface area contributed by atoms with Gasteiger partial charge in [-0.1, -0.05) is 43.5 Å². The van der Waals surface area contributed by atoms with E-state index in [2.05, 4.69) is 6.92 Å². The number of halogens is 1. The van der Waals surface area contributed by atoms with Crippen molar-refractivity contribution >= 4 is 29.1 Å². The van der Waals surface area contributed by atoms with Crippen molar-refractivity contribution in [2.75, 3.05) is 5.75 Å². The van der Waals surface area contributed by atoms with E-state index in [0.29, 0.717) is 21.6 Å². The Bertz CT molecular complexity index is 419. The Morgan fingerprint density at radius 2 is 2.17 bits per heavy atom. The summed E-state index contributed by atoms with van der Waals surface area (Å²) >= 11 is 7.84. The molecule has 0 aliphatic heterocycles. The van der Waals surface area contributed by atoms with Crippen LogP contribution >= 0.6 is 23.4 Å². The molecule has 0 spiro atoms. The van der Waals surface area contributed by atoms with Gasteiger partial charge < -0.3 is 0 Å². The standard InChI is InChI=1S/C15H19ClOS/c1-11-5-4-6-12(9-11)18-10-15(17)13-7-2-3-8-14(13)16/h2-3,7-8,11-12H,4-6,9-10H2,1H3. The number of hydrogen-bond donors (Lipinski definition) is 0. The van der Waals surface area contributed by atoms with Crippen LogP contribution in [0.1, 0.15) is 43.0 Å². The maximum Gasteiger partial charge on any atom is 0.174 e. The molecule has 0 aromatic heterocycles. The van der Waals surface area contributed by atoms with E-state index < -0.39 is 0 Å². The number of benzene rings is 1. The lowest BCUT2D eigenvalue weighted by Crippen LogP contribution is -2.17. The lowest BCUT2D eigenvalue weighted by molar-refractivity contribution is 0.102. The first kappa shape index (κ1) is 14.0. The van der Waals surface area contributed by atoms with Gasteiger partial charge in [0.2, 0.25) is 0 Å². The maximum atomic E-state index is 12.1. The number of carbonyl (C=O) groups is 1. The third-order valence-electron chi connectivity index (χ3n) is 3.51. The second-order valence-corrected chi connectivity index (χ2v) is 6.80. The number of thioether (sulfide) groups is 1. The molecule has 18 heavy (non-hydrogen) atoms. The molecule has 1 aliphatic carbocycles. The van der Waals surface area contributed by atoms with Gasteiger partial charge in [0.25, 0.3) is 0 Å². The molecule has 0 N–H and O–H groups in total. The van der Waals surface area contributed by atoms with Crippen LogP contribution in [0.5, 0.6) is 0 Å². The van der Waals surface area contributed by atoms with Crippen LogP contribution in [-0.2, 0) is 0 Å². The van der Waals surface area contributed by atoms with Crippen molar-refractivity contribution in [3.05, 3.63) is 34.9 Å². The molecule has 3 heteroatoms. The SMILES string of the molecule is CC1CCCC(SCC(=O)c2ccccc2Cl)C1. The Morgan fingerprint density at radius 1 is 1.39 bits per heavy atom. The van der Waals surface area contributed by atoms with E-state index in [-0.39, 0.29) is 5.78 Å². The third-order valence-corrected chi connectivity index (χ3v) is 5.17. The summed E-state index contributed by atoms with van der Waals surface area (Å²) in [5.41, 5.74) is 0.663. The van der Waals surface area contributed by atoms with Crippen molar-refractivity contribution in [3.63, 3.8) is 0 Å². The summed E-state index contributed by atoms with van der Waals surface area (Å²) in [7, 11) is 0. The summed E-state index contributed by atoms with van der Waals surface area (Å²) in [5.74, 6) is 1.52. The molecule has 0 saturated heterocycles. The number of Topliss-reactive ketones (excluding diaryl/α,β-unsaturated/α-hetero) is 1. The van der Waals surface area contributed by atoms with Crippen molar-refractivity contribution in [2.24, 2.45) is 5.92 Å². The topological polar surface area (TPSA) is 17.1 Å². The lowest BCUT2D eigenvalue weighted by Gasteiger charge is -2.25. The molecule has 0 radical (unpaired) electrons. The molecular formula is C15H19ClOS. The summed E-state index contributed by atoms with van der Waals surface area (Å²) in [6, 6.07) is 7.32. The lowest BCUT2D eigenvalue weighted by atomic mass is 9.91. The van der Waals surface area contributed by atoms with Gasteiger partial charge >= 0.3 is 0 Å². The van der Waals surface area contributed by atoms with E-state index in [9.17, 15) is 4.79 Å². The number of rotatable bonds is 4. The predicted molar refractivity (Wildman–Crippen MR) is 79.7 cm³/mol. The van der Waals surface area contributed by atoms with E-state index in [1.807, 2.05) is 18.2 Å². The zero-order valence-electron chi connectivity index (χ0n) is 10.7. The molecule has 2 unspecified atom stereocenters. The van der Waals surface area contributed by atoms with Crippen LogP contribution in [0.2, 0.25) is 5.02 Å². The molecule has 1 aliphatic rings. The number of carbonyl (C=O) groups excluding carboxylic acids is 1. The first-order chi connectivity index (χ1) is 8.66. The second kappa shape index (κ2) is 6.63. The molecule has 1 fully saturated rings. The van der Waals surface area contributed by atoms with E-state index in [1.54, 1.807) is 17.8 Å². The Balaban J connectivity index is 1.87. The Labute approximate surface area is 118 Å². The van der Waals surface area contributed by atoms with Crippen molar-refractivity contribution in [3.8, 4) is 0 Å². The van der Waals surface area contributed by atoms with Crippen molar-refractivity contribution in [1.82, 2.24) is 0 Å². The van der Waals surface area contributed by atoms with E-state index in [1.165, 1.54) is 25.7 Å². The van der Waals surface area contributed by atoms with Gasteiger partial charge in [-0.25, -0.2) is 0 Å². The molecule has 0 bridgehead atoms. The number of ketones is 1. The largest absolute Gasteiger partial charge is 0.293 e. The van der Waals surface area contributed by atoms with Crippen molar-refractivity contribution < 1.29 is 4.79 Å². The molecule has 1 aromatic rings. The highest BCUT2D eigenvalue weighted by atomic mass is 35.5. The molecule has 1 saturated carbocycles. The van der Waals surface area contributed by atoms with Gasteiger partial charge in [-0.2, -0.15) is 11.8 Å². The van der Waals surface area contributed by atoms with Crippen LogP contribution in [-0.4, -0.2) is 16.8 Å². The van der Waals surface area contributed by atoms with Gasteiger partial charge in [0.1, 0.15) is 0 Å². The summed E-state index contributed by atoms with van der Waals surface area (Å²) < 4.78 is 0. The Hall–Kier alpha value is -0.470. The van der Waals surface area contributed by atoms with Gasteiger partial charge in [-0.05, 0) is 30.9 Å². The van der Waals surface area contributed by atoms with Crippen LogP contribution in [0, 0.1) is 5.92 Å². The normalized spacial score (nSPS) is 23.9. The van der Waals surface area contributed by atoms with Crippen LogP contribution in [0.4, 0.5) is 0 Å². The highest BCUT2D eigenvalue weighted by Crippen LogP contribution is 2.32. The maximum absolute atomic E-state index is 12.1. The Morgan fingerprint density at radius 3 is 2.89 bits per heavy atom. The smallest absolute Gasteiger partial charge is 0.174 e. The molecule has 98 valence electrons. The highest BCUT2D eigenvalue weighted by Gasteiger charge is 2.20. The quantitative estimate of drug-likeness (QED) is 0.736. The van der Waals surface area contributed by atoms with Crippen LogP contribution in [0.15, 0.2) is 24.3 Å². The number of hydrogen-bond acceptors (Lipinski definition) is 2. The first-order valence-corrected chi connectivity index (χ1v) is 7.99. The van der Waals surface area contributed by atoms with E-state index in [4.69, 9.17) is 11.6 Å². The second-order valence-electron chi connectivity index (χ2n) is 5.11. The fourth-order valence-corrected chi connectivity index (χ4v) is 4.07. The first-order valence-electron chi connectivity index (χ1n) is 6.56. The monoisotopic (exact) mass is 282 g/mol. The van der Waals surface area contributed by atoms with Gasteiger partial charge in [0, 0.05) is 10.8 Å². The zero-order valence-corrected chi connectivity index (χ0v) is 12.3. The van der Waals surface area contributed by atoms with Gasteiger partial charge in [-0.15, -0.1) is 0 Å². The molecule has 2 atom stereocenters. The van der Waals surface area contributed by atoms with Gasteiger partial charge in [0.05, 0.1) is 10.8 Å². The molecule has 1 aromatic carbocycles. The summed E-state index contributed by atoms with van der Waals surface area (Å²) in [6.45, 7) is 2.31. The summed E-state index contributed by atoms with van der Waals surface area (Å²) in [5, 5.41) is 1.22. The fraction of sp³-hybridized carbons (Fsp3) is 0.533. The minimum atomic E-state index is 0.156. The molecule has 1 nitrogen and oxygen atoms in total. The molecule has 0 amide bonds. The summed E-state index contributed by atoms with van der Waals surface area (Å²) in [4.78, 5) is 12.1. The van der Waals surface area contributed by atoms with Gasteiger partial charge in [0.15, 0.2) is 5.78 Å². The van der Waals surface area contributed by atoms with Crippen LogP contribution < -0.4 is 0 Å². The van der Waals surface area contributed by atoms with Crippen LogP contribution in [0.3, 0.4) is 0 Å². The molecular weight excluding hydrogens is 264 g/mol. The predicted octanol–water partition coefficient (Wildman–Crippen LogP) is 4.83. The minimum Gasteiger partial charge on any atom is -0.293 e. The van der Waals surface area contributed by atoms with Crippen molar-refractivity contribution in [2.45, 2.75) is 37.9 Å². The molecule has 0 heterocycles. The highest BCUT2D eigenvalue weighted by molar-refractivity contribution is 8.00. The molecule has 2 rings (SSSR count). The van der Waals surface area contributed by atoms with Gasteiger partial charge in [-0.3, -0.25) is 4.79 Å². The summed E-state index contributed by atoms with van der Waals surface area (Å²) in [6.07, 6.45) is 5.15. The zero-order chi connectivity index (χ0) is 13.0. The van der Waals surface area contributed by atoms with Crippen molar-refractivity contribution in [1.29, 1.82) is 0 Å². The van der Waals surface area contributed by atoms with E-state index in [0.717, 1.165) is 5.92 Å².